The smallest absolute Gasteiger partial charge is 0.0415 e. The Morgan fingerprint density at radius 2 is 2.54 bits per heavy atom. The molecule has 0 aliphatic carbocycles. The Labute approximate surface area is 92.0 Å². The highest BCUT2D eigenvalue weighted by molar-refractivity contribution is 9.10. The van der Waals surface area contributed by atoms with E-state index in [1.54, 1.807) is 11.3 Å². The Morgan fingerprint density at radius 1 is 1.77 bits per heavy atom. The van der Waals surface area contributed by atoms with Gasteiger partial charge in [0.25, 0.3) is 0 Å². The van der Waals surface area contributed by atoms with Gasteiger partial charge in [0, 0.05) is 20.8 Å². The Hall–Kier alpha value is -0.120. The zero-order valence-electron chi connectivity index (χ0n) is 7.72. The molecular weight excluding hydrogens is 246 g/mol. The highest BCUT2D eigenvalue weighted by atomic mass is 79.9. The number of rotatable bonds is 5. The summed E-state index contributed by atoms with van der Waals surface area (Å²) in [7, 11) is 2.00. The van der Waals surface area contributed by atoms with Crippen molar-refractivity contribution in [3.8, 4) is 0 Å². The summed E-state index contributed by atoms with van der Waals surface area (Å²) in [5.74, 6) is 0. The highest BCUT2D eigenvalue weighted by Crippen LogP contribution is 2.27. The lowest BCUT2D eigenvalue weighted by molar-refractivity contribution is 0.563. The fourth-order valence-corrected chi connectivity index (χ4v) is 2.81. The maximum Gasteiger partial charge on any atom is 0.0415 e. The predicted octanol–water partition coefficient (Wildman–Crippen LogP) is 3.74. The monoisotopic (exact) mass is 259 g/mol. The van der Waals surface area contributed by atoms with Crippen LogP contribution in [-0.2, 0) is 0 Å². The van der Waals surface area contributed by atoms with Crippen LogP contribution in [0.3, 0.4) is 0 Å². The molecule has 0 saturated carbocycles. The minimum absolute atomic E-state index is 0.467. The van der Waals surface area contributed by atoms with E-state index in [-0.39, 0.29) is 0 Å². The van der Waals surface area contributed by atoms with Gasteiger partial charge in [-0.15, -0.1) is 17.9 Å². The van der Waals surface area contributed by atoms with Crippen LogP contribution in [0.25, 0.3) is 0 Å². The van der Waals surface area contributed by atoms with Gasteiger partial charge in [-0.05, 0) is 41.9 Å². The Kier molecular flexibility index (Phi) is 4.70. The molecule has 1 heterocycles. The number of thiophene rings is 1. The normalized spacial score (nSPS) is 12.8. The summed E-state index contributed by atoms with van der Waals surface area (Å²) < 4.78 is 1.17. The summed E-state index contributed by atoms with van der Waals surface area (Å²) in [4.78, 5) is 1.39. The SMILES string of the molecule is C=CCCC(NC)c1cc(Br)cs1. The van der Waals surface area contributed by atoms with E-state index in [0.717, 1.165) is 12.8 Å². The van der Waals surface area contributed by atoms with Crippen molar-refractivity contribution in [1.82, 2.24) is 5.32 Å². The van der Waals surface area contributed by atoms with Gasteiger partial charge in [0.15, 0.2) is 0 Å². The topological polar surface area (TPSA) is 12.0 Å². The van der Waals surface area contributed by atoms with Crippen molar-refractivity contribution >= 4 is 27.3 Å². The summed E-state index contributed by atoms with van der Waals surface area (Å²) >= 11 is 5.25. The van der Waals surface area contributed by atoms with Crippen LogP contribution in [0.15, 0.2) is 28.6 Å². The third-order valence-corrected chi connectivity index (χ3v) is 3.75. The zero-order valence-corrected chi connectivity index (χ0v) is 10.1. The van der Waals surface area contributed by atoms with Crippen LogP contribution in [-0.4, -0.2) is 7.05 Å². The first-order valence-corrected chi connectivity index (χ1v) is 5.97. The molecule has 0 fully saturated rings. The minimum Gasteiger partial charge on any atom is -0.312 e. The molecule has 1 unspecified atom stereocenters. The molecule has 1 nitrogen and oxygen atoms in total. The molecule has 0 radical (unpaired) electrons. The standard InChI is InChI=1S/C10H14BrNS/c1-3-4-5-9(12-2)10-6-8(11)7-13-10/h3,6-7,9,12H,1,4-5H2,2H3. The van der Waals surface area contributed by atoms with Gasteiger partial charge < -0.3 is 5.32 Å². The van der Waals surface area contributed by atoms with Gasteiger partial charge in [-0.25, -0.2) is 0 Å². The van der Waals surface area contributed by atoms with Gasteiger partial charge in [0.2, 0.25) is 0 Å². The van der Waals surface area contributed by atoms with E-state index in [9.17, 15) is 0 Å². The average Bonchev–Trinajstić information content (AvgIpc) is 2.54. The van der Waals surface area contributed by atoms with Crippen LogP contribution in [0.4, 0.5) is 0 Å². The third kappa shape index (κ3) is 3.25. The summed E-state index contributed by atoms with van der Waals surface area (Å²) in [6, 6.07) is 2.64. The molecule has 0 spiro atoms. The van der Waals surface area contributed by atoms with Crippen molar-refractivity contribution < 1.29 is 0 Å². The van der Waals surface area contributed by atoms with Crippen LogP contribution in [0.2, 0.25) is 0 Å². The molecule has 0 saturated heterocycles. The van der Waals surface area contributed by atoms with E-state index < -0.39 is 0 Å². The van der Waals surface area contributed by atoms with Gasteiger partial charge in [-0.3, -0.25) is 0 Å². The van der Waals surface area contributed by atoms with Crippen molar-refractivity contribution in [2.24, 2.45) is 0 Å². The first kappa shape index (κ1) is 11.0. The molecule has 0 aliphatic heterocycles. The lowest BCUT2D eigenvalue weighted by Gasteiger charge is -2.12. The number of allylic oxidation sites excluding steroid dienone is 1. The van der Waals surface area contributed by atoms with Crippen molar-refractivity contribution in [1.29, 1.82) is 0 Å². The third-order valence-electron chi connectivity index (χ3n) is 1.94. The Balaban J connectivity index is 2.60. The fourth-order valence-electron chi connectivity index (χ4n) is 1.22. The van der Waals surface area contributed by atoms with Gasteiger partial charge >= 0.3 is 0 Å². The molecule has 1 atom stereocenters. The van der Waals surface area contributed by atoms with E-state index in [1.807, 2.05) is 13.1 Å². The second-order valence-electron chi connectivity index (χ2n) is 2.87. The Morgan fingerprint density at radius 3 is 3.00 bits per heavy atom. The zero-order chi connectivity index (χ0) is 9.68. The van der Waals surface area contributed by atoms with Crippen LogP contribution < -0.4 is 5.32 Å². The van der Waals surface area contributed by atoms with Gasteiger partial charge in [0.05, 0.1) is 0 Å². The van der Waals surface area contributed by atoms with E-state index in [4.69, 9.17) is 0 Å². The van der Waals surface area contributed by atoms with Gasteiger partial charge in [-0.2, -0.15) is 0 Å². The minimum atomic E-state index is 0.467. The molecule has 0 aliphatic rings. The first-order valence-electron chi connectivity index (χ1n) is 4.30. The molecule has 13 heavy (non-hydrogen) atoms. The molecule has 1 aromatic heterocycles. The molecule has 1 aromatic rings. The molecule has 72 valence electrons. The maximum absolute atomic E-state index is 3.73. The van der Waals surface area contributed by atoms with E-state index in [1.165, 1.54) is 9.35 Å². The molecule has 0 aromatic carbocycles. The number of hydrogen-bond acceptors (Lipinski definition) is 2. The van der Waals surface area contributed by atoms with E-state index in [2.05, 4.69) is 39.3 Å². The van der Waals surface area contributed by atoms with Crippen LogP contribution in [0.1, 0.15) is 23.8 Å². The Bertz CT molecular complexity index is 270. The fraction of sp³-hybridized carbons (Fsp3) is 0.400. The summed E-state index contributed by atoms with van der Waals surface area (Å²) in [5, 5.41) is 5.43. The van der Waals surface area contributed by atoms with Crippen molar-refractivity contribution in [2.75, 3.05) is 7.05 Å². The molecule has 1 N–H and O–H groups in total. The van der Waals surface area contributed by atoms with Crippen LogP contribution in [0.5, 0.6) is 0 Å². The lowest BCUT2D eigenvalue weighted by Crippen LogP contribution is -2.14. The highest BCUT2D eigenvalue weighted by Gasteiger charge is 2.09. The quantitative estimate of drug-likeness (QED) is 0.795. The second kappa shape index (κ2) is 5.58. The molecule has 1 rings (SSSR count). The molecule has 0 bridgehead atoms. The summed E-state index contributed by atoms with van der Waals surface area (Å²) in [6.45, 7) is 3.73. The number of halogens is 1. The molecule has 3 heteroatoms. The van der Waals surface area contributed by atoms with Crippen molar-refractivity contribution in [3.05, 3.63) is 33.5 Å². The van der Waals surface area contributed by atoms with E-state index in [0.29, 0.717) is 6.04 Å². The van der Waals surface area contributed by atoms with Gasteiger partial charge in [-0.1, -0.05) is 6.08 Å². The van der Waals surface area contributed by atoms with Crippen LogP contribution in [0, 0.1) is 0 Å². The predicted molar refractivity (Wildman–Crippen MR) is 63.3 cm³/mol. The van der Waals surface area contributed by atoms with Gasteiger partial charge in [0.1, 0.15) is 0 Å². The lowest BCUT2D eigenvalue weighted by atomic mass is 10.1. The average molecular weight is 260 g/mol. The maximum atomic E-state index is 3.73. The van der Waals surface area contributed by atoms with Crippen LogP contribution >= 0.6 is 27.3 Å². The first-order chi connectivity index (χ1) is 6.27. The summed E-state index contributed by atoms with van der Waals surface area (Å²) in [6.07, 6.45) is 4.14. The largest absolute Gasteiger partial charge is 0.312 e. The number of hydrogen-bond donors (Lipinski definition) is 1. The van der Waals surface area contributed by atoms with Crippen molar-refractivity contribution in [2.45, 2.75) is 18.9 Å². The van der Waals surface area contributed by atoms with Crippen molar-refractivity contribution in [3.63, 3.8) is 0 Å². The number of nitrogens with one attached hydrogen (secondary N) is 1. The van der Waals surface area contributed by atoms with E-state index >= 15 is 0 Å². The second-order valence-corrected chi connectivity index (χ2v) is 4.73. The summed E-state index contributed by atoms with van der Waals surface area (Å²) in [5.41, 5.74) is 0. The molecular formula is C10H14BrNS. The molecule has 0 amide bonds.